The average Bonchev–Trinajstić information content (AvgIpc) is 2.39. The van der Waals surface area contributed by atoms with Crippen LogP contribution < -0.4 is 5.32 Å². The van der Waals surface area contributed by atoms with Gasteiger partial charge < -0.3 is 10.4 Å². The lowest BCUT2D eigenvalue weighted by molar-refractivity contribution is 0.191. The van der Waals surface area contributed by atoms with E-state index in [4.69, 9.17) is 11.6 Å². The minimum Gasteiger partial charge on any atom is -0.387 e. The van der Waals surface area contributed by atoms with E-state index in [1.807, 2.05) is 30.3 Å². The molecule has 0 fully saturated rings. The van der Waals surface area contributed by atoms with Crippen LogP contribution in [-0.4, -0.2) is 16.6 Å². The lowest BCUT2D eigenvalue weighted by Gasteiger charge is -2.12. The molecule has 1 unspecified atom stereocenters. The molecule has 0 saturated carbocycles. The molecule has 1 heterocycles. The van der Waals surface area contributed by atoms with Gasteiger partial charge in [0.2, 0.25) is 0 Å². The maximum absolute atomic E-state index is 9.92. The van der Waals surface area contributed by atoms with Gasteiger partial charge in [-0.05, 0) is 17.7 Å². The van der Waals surface area contributed by atoms with Gasteiger partial charge in [0.1, 0.15) is 5.82 Å². The summed E-state index contributed by atoms with van der Waals surface area (Å²) >= 11 is 5.73. The topological polar surface area (TPSA) is 45.1 Å². The number of hydrogen-bond donors (Lipinski definition) is 2. The molecule has 3 nitrogen and oxygen atoms in total. The second kappa shape index (κ2) is 5.66. The zero-order chi connectivity index (χ0) is 12.1. The van der Waals surface area contributed by atoms with Crippen molar-refractivity contribution >= 4 is 17.4 Å². The highest BCUT2D eigenvalue weighted by atomic mass is 35.5. The second-order valence-electron chi connectivity index (χ2n) is 3.67. The Bertz CT molecular complexity index is 459. The number of halogens is 1. The number of anilines is 1. The molecule has 1 aromatic heterocycles. The molecule has 88 valence electrons. The summed E-state index contributed by atoms with van der Waals surface area (Å²) in [5.41, 5.74) is 0.883. The molecule has 1 aromatic carbocycles. The first kappa shape index (κ1) is 11.9. The van der Waals surface area contributed by atoms with E-state index < -0.39 is 6.10 Å². The van der Waals surface area contributed by atoms with Crippen molar-refractivity contribution in [3.05, 3.63) is 59.2 Å². The summed E-state index contributed by atoms with van der Waals surface area (Å²) in [4.78, 5) is 4.09. The maximum atomic E-state index is 9.92. The number of aliphatic hydroxyl groups is 1. The lowest BCUT2D eigenvalue weighted by Crippen LogP contribution is -2.12. The third kappa shape index (κ3) is 3.44. The van der Waals surface area contributed by atoms with E-state index in [0.717, 1.165) is 5.56 Å². The summed E-state index contributed by atoms with van der Waals surface area (Å²) in [5, 5.41) is 13.6. The Morgan fingerprint density at radius 3 is 2.59 bits per heavy atom. The van der Waals surface area contributed by atoms with Gasteiger partial charge in [-0.15, -0.1) is 0 Å². The van der Waals surface area contributed by atoms with E-state index in [0.29, 0.717) is 17.4 Å². The van der Waals surface area contributed by atoms with E-state index >= 15 is 0 Å². The van der Waals surface area contributed by atoms with Crippen LogP contribution in [-0.2, 0) is 0 Å². The number of pyridine rings is 1. The van der Waals surface area contributed by atoms with Gasteiger partial charge in [-0.25, -0.2) is 4.98 Å². The average molecular weight is 249 g/mol. The van der Waals surface area contributed by atoms with Gasteiger partial charge in [0.05, 0.1) is 11.1 Å². The first-order valence-electron chi connectivity index (χ1n) is 5.34. The van der Waals surface area contributed by atoms with Crippen molar-refractivity contribution in [1.29, 1.82) is 0 Å². The quantitative estimate of drug-likeness (QED) is 0.875. The molecule has 2 aromatic rings. The van der Waals surface area contributed by atoms with Gasteiger partial charge in [0, 0.05) is 12.7 Å². The third-order valence-corrected chi connectivity index (χ3v) is 2.61. The van der Waals surface area contributed by atoms with Gasteiger partial charge in [-0.1, -0.05) is 41.9 Å². The highest BCUT2D eigenvalue weighted by Gasteiger charge is 2.06. The number of hydrogen-bond acceptors (Lipinski definition) is 3. The molecule has 4 heteroatoms. The molecule has 1 atom stereocenters. The molecule has 0 aliphatic heterocycles. The zero-order valence-electron chi connectivity index (χ0n) is 9.18. The lowest BCUT2D eigenvalue weighted by atomic mass is 10.1. The number of benzene rings is 1. The number of nitrogens with zero attached hydrogens (tertiary/aromatic N) is 1. The summed E-state index contributed by atoms with van der Waals surface area (Å²) < 4.78 is 0. The molecule has 0 saturated heterocycles. The maximum Gasteiger partial charge on any atom is 0.126 e. The van der Waals surface area contributed by atoms with E-state index in [2.05, 4.69) is 10.3 Å². The largest absolute Gasteiger partial charge is 0.387 e. The van der Waals surface area contributed by atoms with E-state index in [1.54, 1.807) is 18.3 Å². The molecule has 0 radical (unpaired) electrons. The van der Waals surface area contributed by atoms with Gasteiger partial charge in [-0.3, -0.25) is 0 Å². The van der Waals surface area contributed by atoms with Crippen LogP contribution in [0.25, 0.3) is 0 Å². The Balaban J connectivity index is 1.92. The number of aliphatic hydroxyl groups excluding tert-OH is 1. The predicted molar refractivity (Wildman–Crippen MR) is 69.1 cm³/mol. The third-order valence-electron chi connectivity index (χ3n) is 2.39. The van der Waals surface area contributed by atoms with Crippen molar-refractivity contribution in [2.75, 3.05) is 11.9 Å². The summed E-state index contributed by atoms with van der Waals surface area (Å²) in [6, 6.07) is 13.0. The normalized spacial score (nSPS) is 12.1. The molecular weight excluding hydrogens is 236 g/mol. The Morgan fingerprint density at radius 1 is 1.18 bits per heavy atom. The first-order valence-corrected chi connectivity index (χ1v) is 5.72. The van der Waals surface area contributed by atoms with Gasteiger partial charge >= 0.3 is 0 Å². The van der Waals surface area contributed by atoms with E-state index in [-0.39, 0.29) is 0 Å². The highest BCUT2D eigenvalue weighted by molar-refractivity contribution is 6.30. The number of aromatic nitrogens is 1. The fraction of sp³-hybridized carbons (Fsp3) is 0.154. The molecule has 0 amide bonds. The Kier molecular flexibility index (Phi) is 3.96. The smallest absolute Gasteiger partial charge is 0.126 e. The SMILES string of the molecule is OC(CNc1ccc(Cl)cn1)c1ccccc1. The van der Waals surface area contributed by atoms with Crippen LogP contribution in [0.4, 0.5) is 5.82 Å². The molecule has 0 aliphatic carbocycles. The van der Waals surface area contributed by atoms with Crippen LogP contribution in [0.15, 0.2) is 48.7 Å². The summed E-state index contributed by atoms with van der Waals surface area (Å²) in [6.07, 6.45) is 1.02. The number of rotatable bonds is 4. The second-order valence-corrected chi connectivity index (χ2v) is 4.11. The Hall–Kier alpha value is -1.58. The van der Waals surface area contributed by atoms with Crippen molar-refractivity contribution in [3.63, 3.8) is 0 Å². The van der Waals surface area contributed by atoms with Crippen molar-refractivity contribution < 1.29 is 5.11 Å². The van der Waals surface area contributed by atoms with Gasteiger partial charge in [0.15, 0.2) is 0 Å². The fourth-order valence-electron chi connectivity index (χ4n) is 1.47. The van der Waals surface area contributed by atoms with Crippen LogP contribution in [0.2, 0.25) is 5.02 Å². The molecule has 17 heavy (non-hydrogen) atoms. The first-order chi connectivity index (χ1) is 8.25. The van der Waals surface area contributed by atoms with Crippen LogP contribution in [0.5, 0.6) is 0 Å². The predicted octanol–water partition coefficient (Wildman–Crippen LogP) is 2.88. The molecular formula is C13H13ClN2O. The van der Waals surface area contributed by atoms with Crippen LogP contribution in [0.3, 0.4) is 0 Å². The van der Waals surface area contributed by atoms with Crippen molar-refractivity contribution in [2.24, 2.45) is 0 Å². The molecule has 2 N–H and O–H groups in total. The van der Waals surface area contributed by atoms with Crippen molar-refractivity contribution in [2.45, 2.75) is 6.10 Å². The Labute approximate surface area is 105 Å². The molecule has 0 bridgehead atoms. The molecule has 2 rings (SSSR count). The van der Waals surface area contributed by atoms with Crippen molar-refractivity contribution in [3.8, 4) is 0 Å². The molecule has 0 spiro atoms. The van der Waals surface area contributed by atoms with Gasteiger partial charge in [-0.2, -0.15) is 0 Å². The number of nitrogens with one attached hydrogen (secondary N) is 1. The summed E-state index contributed by atoms with van der Waals surface area (Å²) in [6.45, 7) is 0.415. The summed E-state index contributed by atoms with van der Waals surface area (Å²) in [5.74, 6) is 0.699. The summed E-state index contributed by atoms with van der Waals surface area (Å²) in [7, 11) is 0. The monoisotopic (exact) mass is 248 g/mol. The Morgan fingerprint density at radius 2 is 1.94 bits per heavy atom. The fourth-order valence-corrected chi connectivity index (χ4v) is 1.59. The van der Waals surface area contributed by atoms with E-state index in [1.165, 1.54) is 0 Å². The standard InChI is InChI=1S/C13H13ClN2O/c14-11-6-7-13(15-8-11)16-9-12(17)10-4-2-1-3-5-10/h1-8,12,17H,9H2,(H,15,16). The van der Waals surface area contributed by atoms with Crippen molar-refractivity contribution in [1.82, 2.24) is 4.98 Å². The zero-order valence-corrected chi connectivity index (χ0v) is 9.93. The van der Waals surface area contributed by atoms with Gasteiger partial charge in [0.25, 0.3) is 0 Å². The highest BCUT2D eigenvalue weighted by Crippen LogP contribution is 2.14. The molecule has 0 aliphatic rings. The van der Waals surface area contributed by atoms with Crippen LogP contribution in [0.1, 0.15) is 11.7 Å². The van der Waals surface area contributed by atoms with Crippen LogP contribution >= 0.6 is 11.6 Å². The minimum absolute atomic E-state index is 0.415. The van der Waals surface area contributed by atoms with E-state index in [9.17, 15) is 5.11 Å². The minimum atomic E-state index is -0.548. The van der Waals surface area contributed by atoms with Crippen LogP contribution in [0, 0.1) is 0 Å².